The molecule has 1 unspecified atom stereocenters. The van der Waals surface area contributed by atoms with Gasteiger partial charge in [-0.3, -0.25) is 4.79 Å². The highest BCUT2D eigenvalue weighted by Gasteiger charge is 2.16. The zero-order valence-electron chi connectivity index (χ0n) is 10.2. The highest BCUT2D eigenvalue weighted by atomic mass is 35.5. The van der Waals surface area contributed by atoms with E-state index < -0.39 is 6.04 Å². The predicted molar refractivity (Wildman–Crippen MR) is 70.7 cm³/mol. The number of carbonyl (C=O) groups excluding carboxylic acids is 1. The summed E-state index contributed by atoms with van der Waals surface area (Å²) in [6.07, 6.45) is 1.53. The second-order valence-electron chi connectivity index (χ2n) is 4.02. The zero-order chi connectivity index (χ0) is 13.8. The van der Waals surface area contributed by atoms with E-state index in [1.165, 1.54) is 10.9 Å². The maximum Gasteiger partial charge on any atom is 0.249 e. The van der Waals surface area contributed by atoms with Crippen LogP contribution in [0.5, 0.6) is 0 Å². The molecule has 0 aliphatic carbocycles. The number of halogens is 1. The molecule has 1 aromatic heterocycles. The van der Waals surface area contributed by atoms with Crippen LogP contribution >= 0.6 is 11.6 Å². The van der Waals surface area contributed by atoms with Crippen molar-refractivity contribution in [2.45, 2.75) is 19.6 Å². The van der Waals surface area contributed by atoms with Crippen LogP contribution in [0.3, 0.4) is 0 Å². The number of benzene rings is 1. The summed E-state index contributed by atoms with van der Waals surface area (Å²) in [5, 5.41) is 19.8. The van der Waals surface area contributed by atoms with E-state index in [1.807, 2.05) is 0 Å². The normalized spacial score (nSPS) is 12.2. The summed E-state index contributed by atoms with van der Waals surface area (Å²) in [6.45, 7) is 1.49. The molecule has 100 valence electrons. The topological polar surface area (TPSA) is 80.0 Å². The Morgan fingerprint density at radius 1 is 1.47 bits per heavy atom. The molecule has 2 aromatic rings. The molecule has 1 aromatic carbocycles. The van der Waals surface area contributed by atoms with Gasteiger partial charge in [0.1, 0.15) is 11.7 Å². The Morgan fingerprint density at radius 2 is 2.16 bits per heavy atom. The van der Waals surface area contributed by atoms with E-state index in [-0.39, 0.29) is 12.5 Å². The van der Waals surface area contributed by atoms with Gasteiger partial charge >= 0.3 is 0 Å². The van der Waals surface area contributed by atoms with Gasteiger partial charge in [-0.15, -0.1) is 5.10 Å². The molecule has 0 spiro atoms. The molecular formula is C12H13ClN4O2. The number of aliphatic hydroxyl groups is 1. The fourth-order valence-electron chi connectivity index (χ4n) is 1.48. The van der Waals surface area contributed by atoms with Crippen LogP contribution in [0, 0.1) is 0 Å². The molecule has 0 radical (unpaired) electrons. The van der Waals surface area contributed by atoms with Crippen molar-refractivity contribution in [2.24, 2.45) is 0 Å². The molecule has 2 rings (SSSR count). The summed E-state index contributed by atoms with van der Waals surface area (Å²) in [5.41, 5.74) is 1.08. The highest BCUT2D eigenvalue weighted by molar-refractivity contribution is 6.30. The van der Waals surface area contributed by atoms with E-state index in [4.69, 9.17) is 16.7 Å². The van der Waals surface area contributed by atoms with Gasteiger partial charge < -0.3 is 10.4 Å². The van der Waals surface area contributed by atoms with Gasteiger partial charge in [0, 0.05) is 10.7 Å². The smallest absolute Gasteiger partial charge is 0.249 e. The average Bonchev–Trinajstić information content (AvgIpc) is 2.89. The minimum atomic E-state index is -0.525. The van der Waals surface area contributed by atoms with Crippen molar-refractivity contribution in [2.75, 3.05) is 5.32 Å². The monoisotopic (exact) mass is 280 g/mol. The van der Waals surface area contributed by atoms with E-state index in [1.54, 1.807) is 31.2 Å². The zero-order valence-corrected chi connectivity index (χ0v) is 11.0. The van der Waals surface area contributed by atoms with Crippen LogP contribution in [-0.4, -0.2) is 26.0 Å². The molecule has 0 fully saturated rings. The lowest BCUT2D eigenvalue weighted by molar-refractivity contribution is -0.119. The average molecular weight is 281 g/mol. The van der Waals surface area contributed by atoms with Crippen LogP contribution in [-0.2, 0) is 11.4 Å². The molecule has 0 aliphatic heterocycles. The van der Waals surface area contributed by atoms with Crippen molar-refractivity contribution >= 4 is 23.2 Å². The fourth-order valence-corrected chi connectivity index (χ4v) is 1.60. The number of aromatic nitrogens is 3. The third-order valence-corrected chi connectivity index (χ3v) is 2.86. The van der Waals surface area contributed by atoms with Crippen LogP contribution in [0.25, 0.3) is 0 Å². The number of rotatable bonds is 4. The Hall–Kier alpha value is -1.92. The van der Waals surface area contributed by atoms with Gasteiger partial charge in [0.05, 0.1) is 12.8 Å². The summed E-state index contributed by atoms with van der Waals surface area (Å²) < 4.78 is 1.40. The molecule has 0 aliphatic rings. The Kier molecular flexibility index (Phi) is 4.13. The first kappa shape index (κ1) is 13.5. The Bertz CT molecular complexity index is 567. The summed E-state index contributed by atoms with van der Waals surface area (Å²) in [7, 11) is 0. The van der Waals surface area contributed by atoms with Gasteiger partial charge in [-0.1, -0.05) is 16.8 Å². The minimum absolute atomic E-state index is 0.203. The first-order chi connectivity index (χ1) is 9.10. The third-order valence-electron chi connectivity index (χ3n) is 2.61. The SMILES string of the molecule is CC(C(=O)Nc1ccc(Cl)cc1)n1cc(CO)nn1. The molecular weight excluding hydrogens is 268 g/mol. The van der Waals surface area contributed by atoms with Gasteiger partial charge in [0.15, 0.2) is 0 Å². The number of carbonyl (C=O) groups is 1. The third kappa shape index (κ3) is 3.30. The van der Waals surface area contributed by atoms with Gasteiger partial charge in [-0.05, 0) is 31.2 Å². The van der Waals surface area contributed by atoms with Gasteiger partial charge in [-0.25, -0.2) is 4.68 Å². The number of nitrogens with one attached hydrogen (secondary N) is 1. The first-order valence-corrected chi connectivity index (χ1v) is 6.06. The molecule has 2 N–H and O–H groups in total. The van der Waals surface area contributed by atoms with E-state index >= 15 is 0 Å². The van der Waals surface area contributed by atoms with Crippen molar-refractivity contribution in [3.63, 3.8) is 0 Å². The molecule has 6 nitrogen and oxygen atoms in total. The van der Waals surface area contributed by atoms with Gasteiger partial charge in [0.2, 0.25) is 5.91 Å². The van der Waals surface area contributed by atoms with Crippen molar-refractivity contribution < 1.29 is 9.90 Å². The summed E-state index contributed by atoms with van der Waals surface area (Å²) in [4.78, 5) is 12.0. The number of hydrogen-bond donors (Lipinski definition) is 2. The fraction of sp³-hybridized carbons (Fsp3) is 0.250. The number of nitrogens with zero attached hydrogens (tertiary/aromatic N) is 3. The largest absolute Gasteiger partial charge is 0.390 e. The molecule has 7 heteroatoms. The van der Waals surface area contributed by atoms with E-state index in [9.17, 15) is 4.79 Å². The van der Waals surface area contributed by atoms with E-state index in [2.05, 4.69) is 15.6 Å². The lowest BCUT2D eigenvalue weighted by Crippen LogP contribution is -2.24. The molecule has 0 saturated heterocycles. The lowest BCUT2D eigenvalue weighted by Gasteiger charge is -2.11. The second-order valence-corrected chi connectivity index (χ2v) is 4.46. The Balaban J connectivity index is 2.04. The van der Waals surface area contributed by atoms with Gasteiger partial charge in [-0.2, -0.15) is 0 Å². The molecule has 0 bridgehead atoms. The molecule has 19 heavy (non-hydrogen) atoms. The lowest BCUT2D eigenvalue weighted by atomic mass is 10.2. The quantitative estimate of drug-likeness (QED) is 0.892. The van der Waals surface area contributed by atoms with Crippen LogP contribution in [0.1, 0.15) is 18.7 Å². The Morgan fingerprint density at radius 3 is 2.74 bits per heavy atom. The number of hydrogen-bond acceptors (Lipinski definition) is 4. The van der Waals surface area contributed by atoms with Crippen LogP contribution in [0.15, 0.2) is 30.5 Å². The maximum absolute atomic E-state index is 12.0. The number of amides is 1. The highest BCUT2D eigenvalue weighted by Crippen LogP contribution is 2.15. The summed E-state index contributed by atoms with van der Waals surface area (Å²) in [5.74, 6) is -0.225. The maximum atomic E-state index is 12.0. The molecule has 1 amide bonds. The molecule has 1 heterocycles. The Labute approximate surface area is 115 Å². The molecule has 0 saturated carbocycles. The van der Waals surface area contributed by atoms with Crippen molar-refractivity contribution in [3.05, 3.63) is 41.2 Å². The standard InChI is InChI=1S/C12H13ClN4O2/c1-8(17-6-11(7-18)15-16-17)12(19)14-10-4-2-9(13)3-5-10/h2-6,8,18H,7H2,1H3,(H,14,19). The van der Waals surface area contributed by atoms with Crippen LogP contribution in [0.2, 0.25) is 5.02 Å². The van der Waals surface area contributed by atoms with Crippen molar-refractivity contribution in [1.82, 2.24) is 15.0 Å². The molecule has 1 atom stereocenters. The van der Waals surface area contributed by atoms with E-state index in [0.29, 0.717) is 16.4 Å². The van der Waals surface area contributed by atoms with Crippen LogP contribution in [0.4, 0.5) is 5.69 Å². The number of aliphatic hydroxyl groups excluding tert-OH is 1. The number of anilines is 1. The summed E-state index contributed by atoms with van der Waals surface area (Å²) in [6, 6.07) is 6.30. The second kappa shape index (κ2) is 5.81. The minimum Gasteiger partial charge on any atom is -0.390 e. The van der Waals surface area contributed by atoms with Gasteiger partial charge in [0.25, 0.3) is 0 Å². The summed E-state index contributed by atoms with van der Waals surface area (Å²) >= 11 is 5.77. The predicted octanol–water partition coefficient (Wildman–Crippen LogP) is 1.62. The van der Waals surface area contributed by atoms with Crippen molar-refractivity contribution in [1.29, 1.82) is 0 Å². The van der Waals surface area contributed by atoms with Crippen molar-refractivity contribution in [3.8, 4) is 0 Å². The van der Waals surface area contributed by atoms with E-state index in [0.717, 1.165) is 0 Å². The van der Waals surface area contributed by atoms with Crippen LogP contribution < -0.4 is 5.32 Å². The first-order valence-electron chi connectivity index (χ1n) is 5.68.